The molecule has 2 unspecified atom stereocenters. The van der Waals surface area contributed by atoms with E-state index >= 15 is 0 Å². The molecule has 49 heavy (non-hydrogen) atoms. The van der Waals surface area contributed by atoms with Gasteiger partial charge in [-0.1, -0.05) is 0 Å². The SMILES string of the molecule is C[Si](C)(C)c1cc(C2=Cc3ccccc3[CH]2[Zr]([Cl])([Cl])[CH]2C(c3cc([Si](C)(C)C)cc([Si](C)(C)C)c3)=Cc3ccccc32)cc([Si](C)(C)C)c1. The molecule has 0 fully saturated rings. The summed E-state index contributed by atoms with van der Waals surface area (Å²) in [5.41, 5.74) is 10.5. The molecular weight excluding hydrogens is 779 g/mol. The summed E-state index contributed by atoms with van der Waals surface area (Å²) < 4.78 is 0.0211. The van der Waals surface area contributed by atoms with E-state index in [1.54, 1.807) is 0 Å². The van der Waals surface area contributed by atoms with Crippen molar-refractivity contribution in [3.8, 4) is 0 Å². The van der Waals surface area contributed by atoms with E-state index in [2.05, 4.69) is 176 Å². The van der Waals surface area contributed by atoms with Crippen LogP contribution >= 0.6 is 17.0 Å². The molecule has 0 heterocycles. The molecule has 0 aromatic heterocycles. The third-order valence-electron chi connectivity index (χ3n) is 10.6. The second-order valence-corrected chi connectivity index (χ2v) is 53.6. The summed E-state index contributed by atoms with van der Waals surface area (Å²) in [4.78, 5) is 0. The molecule has 2 aliphatic rings. The maximum atomic E-state index is 8.34. The molecule has 0 saturated heterocycles. The third kappa shape index (κ3) is 7.34. The van der Waals surface area contributed by atoms with Gasteiger partial charge in [0.2, 0.25) is 0 Å². The maximum absolute atomic E-state index is 8.34. The van der Waals surface area contributed by atoms with E-state index in [1.165, 1.54) is 65.3 Å². The Morgan fingerprint density at radius 1 is 0.429 bits per heavy atom. The first kappa shape index (κ1) is 37.4. The van der Waals surface area contributed by atoms with Crippen molar-refractivity contribution < 1.29 is 17.9 Å². The fraction of sp³-hybridized carbons (Fsp3) is 0.333. The molecule has 6 rings (SSSR count). The van der Waals surface area contributed by atoms with Crippen LogP contribution in [0.5, 0.6) is 0 Å². The molecule has 0 amide bonds. The van der Waals surface area contributed by atoms with Gasteiger partial charge in [-0.2, -0.15) is 0 Å². The Balaban J connectivity index is 1.58. The second-order valence-electron chi connectivity index (χ2n) is 18.6. The van der Waals surface area contributed by atoms with Crippen molar-refractivity contribution in [2.24, 2.45) is 0 Å². The van der Waals surface area contributed by atoms with Crippen molar-refractivity contribution in [2.45, 2.75) is 85.8 Å². The minimum atomic E-state index is -4.30. The molecular formula is C42H54Cl2Si4Zr. The van der Waals surface area contributed by atoms with Crippen molar-refractivity contribution in [1.29, 1.82) is 0 Å². The van der Waals surface area contributed by atoms with E-state index in [1.807, 2.05) is 0 Å². The van der Waals surface area contributed by atoms with Crippen molar-refractivity contribution in [3.63, 3.8) is 0 Å². The number of fused-ring (bicyclic) bond motifs is 2. The molecule has 0 saturated carbocycles. The van der Waals surface area contributed by atoms with Crippen LogP contribution in [0.3, 0.4) is 0 Å². The average Bonchev–Trinajstić information content (AvgIpc) is 3.59. The molecule has 4 aromatic carbocycles. The summed E-state index contributed by atoms with van der Waals surface area (Å²) in [6.07, 6.45) is 4.88. The normalized spacial score (nSPS) is 18.2. The minimum absolute atomic E-state index is 0.0106. The Morgan fingerprint density at radius 3 is 1.00 bits per heavy atom. The monoisotopic (exact) mass is 830 g/mol. The Kier molecular flexibility index (Phi) is 9.91. The second kappa shape index (κ2) is 13.0. The van der Waals surface area contributed by atoms with E-state index in [-0.39, 0.29) is 7.25 Å². The van der Waals surface area contributed by atoms with E-state index in [0.717, 1.165) is 0 Å². The molecule has 2 aliphatic carbocycles. The average molecular weight is 833 g/mol. The number of benzene rings is 4. The summed E-state index contributed by atoms with van der Waals surface area (Å²) in [6, 6.07) is 32.9. The predicted octanol–water partition coefficient (Wildman–Crippen LogP) is 11.2. The third-order valence-corrected chi connectivity index (χ3v) is 30.7. The van der Waals surface area contributed by atoms with E-state index in [4.69, 9.17) is 17.0 Å². The van der Waals surface area contributed by atoms with Crippen molar-refractivity contribution >= 4 is 93.4 Å². The van der Waals surface area contributed by atoms with Crippen LogP contribution in [0, 0.1) is 0 Å². The van der Waals surface area contributed by atoms with Crippen LogP contribution < -0.4 is 20.7 Å². The van der Waals surface area contributed by atoms with Gasteiger partial charge in [0, 0.05) is 0 Å². The van der Waals surface area contributed by atoms with Gasteiger partial charge in [0.05, 0.1) is 0 Å². The Morgan fingerprint density at radius 2 is 0.714 bits per heavy atom. The Bertz CT molecular complexity index is 1790. The molecule has 0 spiro atoms. The van der Waals surface area contributed by atoms with Crippen LogP contribution in [-0.2, 0) is 17.9 Å². The van der Waals surface area contributed by atoms with Crippen LogP contribution in [0.4, 0.5) is 0 Å². The molecule has 256 valence electrons. The summed E-state index contributed by atoms with van der Waals surface area (Å²) in [5.74, 6) is 0. The zero-order valence-electron chi connectivity index (χ0n) is 31.6. The van der Waals surface area contributed by atoms with Gasteiger partial charge in [0.1, 0.15) is 0 Å². The van der Waals surface area contributed by atoms with Crippen LogP contribution in [0.1, 0.15) is 40.6 Å². The van der Waals surface area contributed by atoms with Crippen molar-refractivity contribution in [1.82, 2.24) is 0 Å². The fourth-order valence-corrected chi connectivity index (χ4v) is 25.4. The molecule has 0 radical (unpaired) electrons. The quantitative estimate of drug-likeness (QED) is 0.155. The van der Waals surface area contributed by atoms with Crippen molar-refractivity contribution in [2.75, 3.05) is 0 Å². The molecule has 0 nitrogen and oxygen atoms in total. The van der Waals surface area contributed by atoms with Gasteiger partial charge in [-0.3, -0.25) is 0 Å². The molecule has 0 N–H and O–H groups in total. The topological polar surface area (TPSA) is 0 Å². The van der Waals surface area contributed by atoms with E-state index in [9.17, 15) is 0 Å². The number of allylic oxidation sites excluding steroid dienone is 2. The van der Waals surface area contributed by atoms with Crippen LogP contribution in [0.2, 0.25) is 78.6 Å². The zero-order chi connectivity index (χ0) is 35.9. The summed E-state index contributed by atoms with van der Waals surface area (Å²) in [6.45, 7) is 29.6. The van der Waals surface area contributed by atoms with Gasteiger partial charge in [0.15, 0.2) is 0 Å². The molecule has 4 aromatic rings. The molecule has 0 aliphatic heterocycles. The molecule has 2 atom stereocenters. The number of hydrogen-bond acceptors (Lipinski definition) is 0. The van der Waals surface area contributed by atoms with E-state index in [0.29, 0.717) is 0 Å². The summed E-state index contributed by atoms with van der Waals surface area (Å²) >= 11 is -4.30. The first-order valence-electron chi connectivity index (χ1n) is 17.9. The van der Waals surface area contributed by atoms with Crippen LogP contribution in [0.15, 0.2) is 84.9 Å². The molecule has 0 bridgehead atoms. The number of rotatable bonds is 8. The molecule has 7 heteroatoms. The van der Waals surface area contributed by atoms with Gasteiger partial charge in [-0.15, -0.1) is 0 Å². The summed E-state index contributed by atoms with van der Waals surface area (Å²) in [7, 11) is 10.3. The van der Waals surface area contributed by atoms with E-state index < -0.39 is 50.2 Å². The van der Waals surface area contributed by atoms with Crippen molar-refractivity contribution in [3.05, 3.63) is 118 Å². The Labute approximate surface area is 312 Å². The number of halogens is 2. The number of hydrogen-bond donors (Lipinski definition) is 0. The summed E-state index contributed by atoms with van der Waals surface area (Å²) in [5, 5.41) is 6.10. The van der Waals surface area contributed by atoms with Gasteiger partial charge >= 0.3 is 315 Å². The first-order chi connectivity index (χ1) is 22.6. The van der Waals surface area contributed by atoms with Gasteiger partial charge < -0.3 is 0 Å². The van der Waals surface area contributed by atoms with Gasteiger partial charge in [0.25, 0.3) is 0 Å². The van der Waals surface area contributed by atoms with Gasteiger partial charge in [-0.25, -0.2) is 0 Å². The first-order valence-corrected chi connectivity index (χ1v) is 41.1. The fourth-order valence-electron chi connectivity index (χ4n) is 7.46. The van der Waals surface area contributed by atoms with Gasteiger partial charge in [-0.05, 0) is 0 Å². The predicted molar refractivity (Wildman–Crippen MR) is 231 cm³/mol. The van der Waals surface area contributed by atoms with Crippen LogP contribution in [0.25, 0.3) is 23.3 Å². The zero-order valence-corrected chi connectivity index (χ0v) is 39.6. The Hall–Kier alpha value is -1.31. The van der Waals surface area contributed by atoms with Crippen LogP contribution in [-0.4, -0.2) is 32.3 Å². The standard InChI is InChI=1S/2C21H27Si2.2ClH.Zr/c2*1-22(2,3)20-13-19(14-21(15-20)23(4,5)6)18-11-16-9-7-8-10-17(16)12-18;;;/h2*7-15H,1-6H3;2*1H;/q;;;;+2/p-2.